The molecular formula is C21H26N2O4S. The first kappa shape index (κ1) is 20.2. The summed E-state index contributed by atoms with van der Waals surface area (Å²) in [5, 5.41) is 3.09. The van der Waals surface area contributed by atoms with Gasteiger partial charge in [-0.3, -0.25) is 9.10 Å². The van der Waals surface area contributed by atoms with Gasteiger partial charge in [-0.25, -0.2) is 8.42 Å². The van der Waals surface area contributed by atoms with Crippen LogP contribution in [0.2, 0.25) is 0 Å². The minimum absolute atomic E-state index is 0.162. The fourth-order valence-electron chi connectivity index (χ4n) is 3.34. The SMILES string of the molecule is Cc1ccc2c(c1)OC(C)(C)C[C@H]2NC(=O)c1ccc(N(C)S(C)(=O)=O)cc1. The van der Waals surface area contributed by atoms with Crippen molar-refractivity contribution >= 4 is 21.6 Å². The molecule has 0 saturated carbocycles. The molecule has 1 heterocycles. The highest BCUT2D eigenvalue weighted by Gasteiger charge is 2.34. The predicted octanol–water partition coefficient (Wildman–Crippen LogP) is 3.42. The Labute approximate surface area is 166 Å². The highest BCUT2D eigenvalue weighted by molar-refractivity contribution is 7.92. The zero-order valence-corrected chi connectivity index (χ0v) is 17.6. The number of benzene rings is 2. The van der Waals surface area contributed by atoms with Gasteiger partial charge in [0.1, 0.15) is 11.4 Å². The highest BCUT2D eigenvalue weighted by Crippen LogP contribution is 2.40. The number of aryl methyl sites for hydroxylation is 1. The standard InChI is InChI=1S/C21H26N2O4S/c1-14-6-11-17-18(13-21(2,3)27-19(17)12-14)22-20(24)15-7-9-16(10-8-15)23(4)28(5,25)26/h6-12,18H,13H2,1-5H3,(H,22,24)/t18-/m1/s1. The summed E-state index contributed by atoms with van der Waals surface area (Å²) in [5.41, 5.74) is 2.66. The Morgan fingerprint density at radius 1 is 1.18 bits per heavy atom. The lowest BCUT2D eigenvalue weighted by Crippen LogP contribution is -2.41. The Balaban J connectivity index is 1.81. The molecule has 3 rings (SSSR count). The third-order valence-electron chi connectivity index (χ3n) is 4.92. The monoisotopic (exact) mass is 402 g/mol. The van der Waals surface area contributed by atoms with Crippen LogP contribution >= 0.6 is 0 Å². The van der Waals surface area contributed by atoms with Gasteiger partial charge in [0.25, 0.3) is 5.91 Å². The zero-order chi connectivity index (χ0) is 20.7. The summed E-state index contributed by atoms with van der Waals surface area (Å²) in [6.07, 6.45) is 1.80. The second-order valence-corrected chi connectivity index (χ2v) is 9.92. The van der Waals surface area contributed by atoms with Crippen LogP contribution in [0.4, 0.5) is 5.69 Å². The number of nitrogens with zero attached hydrogens (tertiary/aromatic N) is 1. The van der Waals surface area contributed by atoms with Gasteiger partial charge in [-0.1, -0.05) is 12.1 Å². The van der Waals surface area contributed by atoms with Gasteiger partial charge in [0.15, 0.2) is 0 Å². The first-order valence-corrected chi connectivity index (χ1v) is 11.0. The second kappa shape index (κ2) is 7.13. The number of rotatable bonds is 4. The molecule has 1 aliphatic heterocycles. The molecule has 0 unspecified atom stereocenters. The number of carbonyl (C=O) groups excluding carboxylic acids is 1. The van der Waals surface area contributed by atoms with Crippen molar-refractivity contribution in [3.63, 3.8) is 0 Å². The Bertz CT molecular complexity index is 998. The van der Waals surface area contributed by atoms with Crippen LogP contribution < -0.4 is 14.4 Å². The van der Waals surface area contributed by atoms with Crippen molar-refractivity contribution in [3.8, 4) is 5.75 Å². The van der Waals surface area contributed by atoms with Crippen LogP contribution in [0.15, 0.2) is 42.5 Å². The molecule has 0 aliphatic carbocycles. The van der Waals surface area contributed by atoms with E-state index < -0.39 is 10.0 Å². The summed E-state index contributed by atoms with van der Waals surface area (Å²) in [4.78, 5) is 12.8. The molecule has 28 heavy (non-hydrogen) atoms. The number of nitrogens with one attached hydrogen (secondary N) is 1. The number of carbonyl (C=O) groups is 1. The molecule has 0 aromatic heterocycles. The summed E-state index contributed by atoms with van der Waals surface area (Å²) < 4.78 is 30.6. The van der Waals surface area contributed by atoms with Crippen LogP contribution in [0, 0.1) is 6.92 Å². The van der Waals surface area contributed by atoms with Crippen LogP contribution in [-0.4, -0.2) is 33.2 Å². The molecule has 0 bridgehead atoms. The Morgan fingerprint density at radius 3 is 2.43 bits per heavy atom. The first-order valence-electron chi connectivity index (χ1n) is 9.11. The van der Waals surface area contributed by atoms with Gasteiger partial charge in [0.05, 0.1) is 18.0 Å². The van der Waals surface area contributed by atoms with E-state index in [0.29, 0.717) is 17.7 Å². The molecule has 2 aromatic rings. The average Bonchev–Trinajstić information content (AvgIpc) is 2.59. The highest BCUT2D eigenvalue weighted by atomic mass is 32.2. The molecule has 0 radical (unpaired) electrons. The van der Waals surface area contributed by atoms with Crippen LogP contribution in [0.25, 0.3) is 0 Å². The number of sulfonamides is 1. The molecule has 150 valence electrons. The molecule has 6 nitrogen and oxygen atoms in total. The van der Waals surface area contributed by atoms with Crippen molar-refractivity contribution in [2.75, 3.05) is 17.6 Å². The smallest absolute Gasteiger partial charge is 0.251 e. The Kier molecular flexibility index (Phi) is 5.14. The van der Waals surface area contributed by atoms with E-state index in [4.69, 9.17) is 4.74 Å². The third kappa shape index (κ3) is 4.30. The zero-order valence-electron chi connectivity index (χ0n) is 16.8. The normalized spacial score (nSPS) is 18.0. The van der Waals surface area contributed by atoms with Crippen LogP contribution in [0.3, 0.4) is 0 Å². The summed E-state index contributed by atoms with van der Waals surface area (Å²) in [7, 11) is -1.86. The fraction of sp³-hybridized carbons (Fsp3) is 0.381. The van der Waals surface area contributed by atoms with Gasteiger partial charge in [0, 0.05) is 24.6 Å². The maximum atomic E-state index is 12.8. The number of hydrogen-bond acceptors (Lipinski definition) is 4. The van der Waals surface area contributed by atoms with E-state index in [0.717, 1.165) is 23.1 Å². The third-order valence-corrected chi connectivity index (χ3v) is 6.13. The van der Waals surface area contributed by atoms with E-state index in [1.165, 1.54) is 11.4 Å². The maximum absolute atomic E-state index is 12.8. The largest absolute Gasteiger partial charge is 0.487 e. The number of hydrogen-bond donors (Lipinski definition) is 1. The van der Waals surface area contributed by atoms with Crippen molar-refractivity contribution in [1.29, 1.82) is 0 Å². The number of amides is 1. The van der Waals surface area contributed by atoms with Gasteiger partial charge in [-0.2, -0.15) is 0 Å². The minimum Gasteiger partial charge on any atom is -0.487 e. The van der Waals surface area contributed by atoms with E-state index in [1.54, 1.807) is 24.3 Å². The van der Waals surface area contributed by atoms with Gasteiger partial charge < -0.3 is 10.1 Å². The van der Waals surface area contributed by atoms with E-state index in [1.807, 2.05) is 39.0 Å². The van der Waals surface area contributed by atoms with E-state index in [2.05, 4.69) is 5.32 Å². The Morgan fingerprint density at radius 2 is 1.82 bits per heavy atom. The lowest BCUT2D eigenvalue weighted by molar-refractivity contribution is 0.0619. The van der Waals surface area contributed by atoms with Crippen molar-refractivity contribution < 1.29 is 17.9 Å². The fourth-order valence-corrected chi connectivity index (χ4v) is 3.85. The van der Waals surface area contributed by atoms with E-state index in [9.17, 15) is 13.2 Å². The number of anilines is 1. The summed E-state index contributed by atoms with van der Waals surface area (Å²) in [6.45, 7) is 6.02. The lowest BCUT2D eigenvalue weighted by atomic mass is 9.89. The summed E-state index contributed by atoms with van der Waals surface area (Å²) >= 11 is 0. The van der Waals surface area contributed by atoms with Crippen molar-refractivity contribution in [1.82, 2.24) is 5.32 Å². The summed E-state index contributed by atoms with van der Waals surface area (Å²) in [5.74, 6) is 0.592. The van der Waals surface area contributed by atoms with Crippen molar-refractivity contribution in [3.05, 3.63) is 59.2 Å². The lowest BCUT2D eigenvalue weighted by Gasteiger charge is -2.38. The van der Waals surface area contributed by atoms with Crippen molar-refractivity contribution in [2.24, 2.45) is 0 Å². The Hall–Kier alpha value is -2.54. The molecule has 1 aliphatic rings. The number of fused-ring (bicyclic) bond motifs is 1. The number of ether oxygens (including phenoxy) is 1. The van der Waals surface area contributed by atoms with Crippen molar-refractivity contribution in [2.45, 2.75) is 38.8 Å². The first-order chi connectivity index (χ1) is 13.0. The minimum atomic E-state index is -3.34. The molecule has 0 spiro atoms. The topological polar surface area (TPSA) is 75.7 Å². The van der Waals surface area contributed by atoms with Gasteiger partial charge in [-0.05, 0) is 56.7 Å². The molecular weight excluding hydrogens is 376 g/mol. The van der Waals surface area contributed by atoms with Gasteiger partial charge >= 0.3 is 0 Å². The van der Waals surface area contributed by atoms with Gasteiger partial charge in [-0.15, -0.1) is 0 Å². The van der Waals surface area contributed by atoms with Crippen LogP contribution in [0.5, 0.6) is 5.75 Å². The average molecular weight is 403 g/mol. The quantitative estimate of drug-likeness (QED) is 0.850. The molecule has 7 heteroatoms. The molecule has 1 N–H and O–H groups in total. The summed E-state index contributed by atoms with van der Waals surface area (Å²) in [6, 6.07) is 12.3. The molecule has 2 aromatic carbocycles. The van der Waals surface area contributed by atoms with Gasteiger partial charge in [0.2, 0.25) is 10.0 Å². The molecule has 0 fully saturated rings. The predicted molar refractivity (Wildman–Crippen MR) is 110 cm³/mol. The van der Waals surface area contributed by atoms with E-state index in [-0.39, 0.29) is 17.6 Å². The maximum Gasteiger partial charge on any atom is 0.251 e. The molecule has 1 atom stereocenters. The van der Waals surface area contributed by atoms with Crippen LogP contribution in [0.1, 0.15) is 47.8 Å². The van der Waals surface area contributed by atoms with E-state index >= 15 is 0 Å². The molecule has 0 saturated heterocycles. The second-order valence-electron chi connectivity index (χ2n) is 7.91. The van der Waals surface area contributed by atoms with Crippen LogP contribution in [-0.2, 0) is 10.0 Å². The molecule has 1 amide bonds.